The van der Waals surface area contributed by atoms with Crippen LogP contribution >= 0.6 is 0 Å². The molecule has 6 nitrogen and oxygen atoms in total. The summed E-state index contributed by atoms with van der Waals surface area (Å²) in [4.78, 5) is 17.7. The third-order valence-corrected chi connectivity index (χ3v) is 5.45. The van der Waals surface area contributed by atoms with Gasteiger partial charge in [-0.15, -0.1) is 0 Å². The van der Waals surface area contributed by atoms with E-state index in [0.717, 1.165) is 48.4 Å². The van der Waals surface area contributed by atoms with E-state index in [1.807, 2.05) is 38.1 Å². The molecule has 0 unspecified atom stereocenters. The monoisotopic (exact) mass is 364 g/mol. The van der Waals surface area contributed by atoms with Crippen molar-refractivity contribution >= 4 is 11.6 Å². The van der Waals surface area contributed by atoms with Crippen molar-refractivity contribution in [3.05, 3.63) is 59.0 Å². The number of hydrogen-bond acceptors (Lipinski definition) is 4. The Hall–Kier alpha value is -2.89. The van der Waals surface area contributed by atoms with Crippen molar-refractivity contribution in [3.8, 4) is 5.75 Å². The number of carbonyl (C=O) groups is 1. The zero-order valence-electron chi connectivity index (χ0n) is 16.0. The highest BCUT2D eigenvalue weighted by Gasteiger charge is 2.38. The Morgan fingerprint density at radius 2 is 2.00 bits per heavy atom. The highest BCUT2D eigenvalue weighted by molar-refractivity contribution is 6.00. The zero-order chi connectivity index (χ0) is 19.0. The van der Waals surface area contributed by atoms with E-state index in [1.165, 1.54) is 0 Å². The minimum atomic E-state index is -0.376. The van der Waals surface area contributed by atoms with E-state index in [1.54, 1.807) is 17.8 Å². The Morgan fingerprint density at radius 3 is 2.74 bits per heavy atom. The van der Waals surface area contributed by atoms with Crippen molar-refractivity contribution in [1.29, 1.82) is 0 Å². The van der Waals surface area contributed by atoms with E-state index in [2.05, 4.69) is 21.5 Å². The van der Waals surface area contributed by atoms with Gasteiger partial charge >= 0.3 is 0 Å². The minimum Gasteiger partial charge on any atom is -0.497 e. The summed E-state index contributed by atoms with van der Waals surface area (Å²) in [6.07, 6.45) is 5.61. The third-order valence-electron chi connectivity index (χ3n) is 5.45. The Kier molecular flexibility index (Phi) is 4.34. The molecular formula is C21H24N4O2. The molecule has 2 heterocycles. The number of aromatic nitrogens is 3. The summed E-state index contributed by atoms with van der Waals surface area (Å²) in [6, 6.07) is 9.94. The fourth-order valence-electron chi connectivity index (χ4n) is 4.10. The van der Waals surface area contributed by atoms with Crippen molar-refractivity contribution in [2.45, 2.75) is 45.1 Å². The minimum absolute atomic E-state index is 0.132. The molecule has 0 atom stereocenters. The average Bonchev–Trinajstić information content (AvgIpc) is 3.29. The van der Waals surface area contributed by atoms with Crippen LogP contribution in [0.5, 0.6) is 5.75 Å². The van der Waals surface area contributed by atoms with Gasteiger partial charge in [-0.1, -0.05) is 25.0 Å². The molecule has 4 rings (SSSR count). The maximum Gasteiger partial charge on any atom is 0.257 e. The van der Waals surface area contributed by atoms with Crippen molar-refractivity contribution in [3.63, 3.8) is 0 Å². The number of carbonyl (C=O) groups excluding carboxylic acids is 1. The summed E-state index contributed by atoms with van der Waals surface area (Å²) in [6.45, 7) is 3.89. The van der Waals surface area contributed by atoms with Crippen LogP contribution in [0.1, 0.15) is 53.0 Å². The number of nitrogens with zero attached hydrogens (tertiary/aromatic N) is 3. The van der Waals surface area contributed by atoms with Crippen LogP contribution in [0.4, 0.5) is 0 Å². The predicted molar refractivity (Wildman–Crippen MR) is 103 cm³/mol. The standard InChI is InChI=1S/C21H24N4O2/c1-14-11-15(2)25-19(23-14)18(13-22-25)20(26)24-21(9-4-5-10-21)16-7-6-8-17(12-16)27-3/h6-8,11-13H,4-5,9-10H2,1-3H3,(H,24,26). The van der Waals surface area contributed by atoms with Gasteiger partial charge in [0.05, 0.1) is 18.8 Å². The van der Waals surface area contributed by atoms with Gasteiger partial charge < -0.3 is 10.1 Å². The normalized spacial score (nSPS) is 15.8. The van der Waals surface area contributed by atoms with Gasteiger partial charge in [0.1, 0.15) is 11.3 Å². The lowest BCUT2D eigenvalue weighted by atomic mass is 9.87. The molecule has 0 spiro atoms. The maximum atomic E-state index is 13.2. The first kappa shape index (κ1) is 17.5. The van der Waals surface area contributed by atoms with Crippen LogP contribution in [-0.4, -0.2) is 27.6 Å². The second-order valence-electron chi connectivity index (χ2n) is 7.31. The first-order chi connectivity index (χ1) is 13.0. The highest BCUT2D eigenvalue weighted by atomic mass is 16.5. The lowest BCUT2D eigenvalue weighted by molar-refractivity contribution is 0.0899. The number of aryl methyl sites for hydroxylation is 2. The van der Waals surface area contributed by atoms with Crippen LogP contribution in [0, 0.1) is 13.8 Å². The molecule has 1 aromatic carbocycles. The Balaban J connectivity index is 1.71. The molecule has 6 heteroatoms. The molecule has 0 aliphatic heterocycles. The SMILES string of the molecule is COc1cccc(C2(NC(=O)c3cnn4c(C)cc(C)nc34)CCCC2)c1. The largest absolute Gasteiger partial charge is 0.497 e. The number of amides is 1. The number of benzene rings is 1. The molecule has 0 saturated heterocycles. The van der Waals surface area contributed by atoms with E-state index in [4.69, 9.17) is 4.74 Å². The molecule has 1 saturated carbocycles. The molecule has 2 aromatic heterocycles. The van der Waals surface area contributed by atoms with Gasteiger partial charge in [0.2, 0.25) is 0 Å². The molecular weight excluding hydrogens is 340 g/mol. The molecule has 1 aliphatic rings. The molecule has 1 aliphatic carbocycles. The van der Waals surface area contributed by atoms with Gasteiger partial charge in [0.15, 0.2) is 5.65 Å². The molecule has 1 fully saturated rings. The first-order valence-electron chi connectivity index (χ1n) is 9.31. The van der Waals surface area contributed by atoms with Crippen molar-refractivity contribution < 1.29 is 9.53 Å². The molecule has 0 radical (unpaired) electrons. The number of fused-ring (bicyclic) bond motifs is 1. The molecule has 1 amide bonds. The van der Waals surface area contributed by atoms with Gasteiger partial charge in [-0.2, -0.15) is 5.10 Å². The molecule has 0 bridgehead atoms. The third kappa shape index (κ3) is 3.05. The van der Waals surface area contributed by atoms with Crippen molar-refractivity contribution in [2.24, 2.45) is 0 Å². The second-order valence-corrected chi connectivity index (χ2v) is 7.31. The second kappa shape index (κ2) is 6.68. The van der Waals surface area contributed by atoms with E-state index < -0.39 is 0 Å². The van der Waals surface area contributed by atoms with Gasteiger partial charge in [0.25, 0.3) is 5.91 Å². The van der Waals surface area contributed by atoms with Crippen LogP contribution in [0.2, 0.25) is 0 Å². The van der Waals surface area contributed by atoms with Crippen LogP contribution in [0.3, 0.4) is 0 Å². The van der Waals surface area contributed by atoms with E-state index in [-0.39, 0.29) is 11.4 Å². The fraction of sp³-hybridized carbons (Fsp3) is 0.381. The Bertz CT molecular complexity index is 1000. The average molecular weight is 364 g/mol. The first-order valence-corrected chi connectivity index (χ1v) is 9.31. The van der Waals surface area contributed by atoms with Gasteiger partial charge in [0, 0.05) is 11.4 Å². The smallest absolute Gasteiger partial charge is 0.257 e. The molecule has 1 N–H and O–H groups in total. The van der Waals surface area contributed by atoms with E-state index >= 15 is 0 Å². The Morgan fingerprint density at radius 1 is 1.22 bits per heavy atom. The topological polar surface area (TPSA) is 68.5 Å². The van der Waals surface area contributed by atoms with Crippen LogP contribution in [0.15, 0.2) is 36.5 Å². The summed E-state index contributed by atoms with van der Waals surface area (Å²) in [5, 5.41) is 7.66. The maximum absolute atomic E-state index is 13.2. The number of rotatable bonds is 4. The number of hydrogen-bond donors (Lipinski definition) is 1. The van der Waals surface area contributed by atoms with Crippen molar-refractivity contribution in [1.82, 2.24) is 19.9 Å². The quantitative estimate of drug-likeness (QED) is 0.769. The lowest BCUT2D eigenvalue weighted by Gasteiger charge is -2.31. The van der Waals surface area contributed by atoms with Gasteiger partial charge in [-0.05, 0) is 50.5 Å². The van der Waals surface area contributed by atoms with E-state index in [9.17, 15) is 4.79 Å². The number of ether oxygens (including phenoxy) is 1. The molecule has 140 valence electrons. The summed E-state index contributed by atoms with van der Waals surface area (Å²) in [5.41, 5.74) is 3.65. The number of nitrogens with one attached hydrogen (secondary N) is 1. The summed E-state index contributed by atoms with van der Waals surface area (Å²) < 4.78 is 7.10. The van der Waals surface area contributed by atoms with Crippen molar-refractivity contribution in [2.75, 3.05) is 7.11 Å². The molecule has 3 aromatic rings. The fourth-order valence-corrected chi connectivity index (χ4v) is 4.10. The number of methoxy groups -OCH3 is 1. The van der Waals surface area contributed by atoms with Crippen LogP contribution in [0.25, 0.3) is 5.65 Å². The molecule has 27 heavy (non-hydrogen) atoms. The Labute approximate surface area is 158 Å². The van der Waals surface area contributed by atoms with E-state index in [0.29, 0.717) is 11.2 Å². The summed E-state index contributed by atoms with van der Waals surface area (Å²) >= 11 is 0. The van der Waals surface area contributed by atoms with Crippen LogP contribution < -0.4 is 10.1 Å². The highest BCUT2D eigenvalue weighted by Crippen LogP contribution is 2.40. The summed E-state index contributed by atoms with van der Waals surface area (Å²) in [5.74, 6) is 0.671. The van der Waals surface area contributed by atoms with Gasteiger partial charge in [-0.25, -0.2) is 9.50 Å². The van der Waals surface area contributed by atoms with Gasteiger partial charge in [-0.3, -0.25) is 4.79 Å². The summed E-state index contributed by atoms with van der Waals surface area (Å²) in [7, 11) is 1.66. The predicted octanol–water partition coefficient (Wildman–Crippen LogP) is 3.55. The lowest BCUT2D eigenvalue weighted by Crippen LogP contribution is -2.43. The van der Waals surface area contributed by atoms with Crippen LogP contribution in [-0.2, 0) is 5.54 Å². The zero-order valence-corrected chi connectivity index (χ0v) is 16.0.